The summed E-state index contributed by atoms with van der Waals surface area (Å²) in [7, 11) is 0. The van der Waals surface area contributed by atoms with Crippen molar-refractivity contribution in [1.82, 2.24) is 0 Å². The summed E-state index contributed by atoms with van der Waals surface area (Å²) in [5, 5.41) is 9.49. The van der Waals surface area contributed by atoms with Crippen LogP contribution in [0.3, 0.4) is 0 Å². The van der Waals surface area contributed by atoms with Gasteiger partial charge in [0.05, 0.1) is 17.3 Å². The van der Waals surface area contributed by atoms with E-state index in [1.807, 2.05) is 6.07 Å². The van der Waals surface area contributed by atoms with Crippen LogP contribution < -0.4 is 4.90 Å². The molecule has 1 atom stereocenters. The Morgan fingerprint density at radius 3 is 2.94 bits per heavy atom. The molecule has 0 aliphatic carbocycles. The predicted molar refractivity (Wildman–Crippen MR) is 65.4 cm³/mol. The third-order valence-electron chi connectivity index (χ3n) is 2.79. The first-order valence-electron chi connectivity index (χ1n) is 5.21. The van der Waals surface area contributed by atoms with Crippen molar-refractivity contribution >= 4 is 27.5 Å². The third-order valence-corrected chi connectivity index (χ3v) is 3.71. The van der Waals surface area contributed by atoms with Gasteiger partial charge in [-0.15, -0.1) is 0 Å². The second-order valence-electron chi connectivity index (χ2n) is 4.01. The van der Waals surface area contributed by atoms with Crippen molar-refractivity contribution in [3.63, 3.8) is 0 Å². The molecule has 0 bridgehead atoms. The van der Waals surface area contributed by atoms with E-state index in [9.17, 15) is 9.18 Å². The molecular formula is C12H10BrFN2O. The van der Waals surface area contributed by atoms with Crippen molar-refractivity contribution in [2.45, 2.75) is 6.42 Å². The average molecular weight is 297 g/mol. The summed E-state index contributed by atoms with van der Waals surface area (Å²) < 4.78 is 13.6. The molecule has 0 radical (unpaired) electrons. The van der Waals surface area contributed by atoms with Crippen molar-refractivity contribution in [3.05, 3.63) is 29.6 Å². The standard InChI is InChI=1S/C12H10BrFN2O/c13-5-9-4-12(17)16(7-9)11-3-8(6-15)1-2-10(11)14/h1-3,9H,4-5,7H2. The smallest absolute Gasteiger partial charge is 0.227 e. The van der Waals surface area contributed by atoms with E-state index in [-0.39, 0.29) is 17.5 Å². The second kappa shape index (κ2) is 4.84. The first-order chi connectivity index (χ1) is 8.15. The van der Waals surface area contributed by atoms with Crippen LogP contribution in [0.15, 0.2) is 18.2 Å². The van der Waals surface area contributed by atoms with Crippen LogP contribution in [0.2, 0.25) is 0 Å². The monoisotopic (exact) mass is 296 g/mol. The lowest BCUT2D eigenvalue weighted by atomic mass is 10.1. The number of nitriles is 1. The minimum absolute atomic E-state index is 0.0940. The van der Waals surface area contributed by atoms with Gasteiger partial charge >= 0.3 is 0 Å². The molecule has 88 valence electrons. The Morgan fingerprint density at radius 1 is 1.59 bits per heavy atom. The molecular weight excluding hydrogens is 287 g/mol. The fourth-order valence-electron chi connectivity index (χ4n) is 1.91. The zero-order chi connectivity index (χ0) is 12.4. The Kier molecular flexibility index (Phi) is 3.43. The normalized spacial score (nSPS) is 19.5. The van der Waals surface area contributed by atoms with Gasteiger partial charge in [-0.3, -0.25) is 4.79 Å². The lowest BCUT2D eigenvalue weighted by Crippen LogP contribution is -2.25. The quantitative estimate of drug-likeness (QED) is 0.787. The molecule has 0 saturated carbocycles. The molecule has 1 unspecified atom stereocenters. The highest BCUT2D eigenvalue weighted by Crippen LogP contribution is 2.28. The minimum atomic E-state index is -0.465. The van der Waals surface area contributed by atoms with Gasteiger partial charge in [0, 0.05) is 18.3 Å². The third kappa shape index (κ3) is 2.32. The van der Waals surface area contributed by atoms with Gasteiger partial charge in [0.1, 0.15) is 5.82 Å². The van der Waals surface area contributed by atoms with Crippen LogP contribution in [0.25, 0.3) is 0 Å². The number of carbonyl (C=O) groups excluding carboxylic acids is 1. The van der Waals surface area contributed by atoms with Crippen LogP contribution in [0.5, 0.6) is 0 Å². The van der Waals surface area contributed by atoms with E-state index in [0.29, 0.717) is 18.5 Å². The number of carbonyl (C=O) groups is 1. The van der Waals surface area contributed by atoms with Gasteiger partial charge in [-0.2, -0.15) is 5.26 Å². The molecule has 1 fully saturated rings. The number of nitrogens with zero attached hydrogens (tertiary/aromatic N) is 2. The van der Waals surface area contributed by atoms with E-state index < -0.39 is 5.82 Å². The summed E-state index contributed by atoms with van der Waals surface area (Å²) in [5.41, 5.74) is 0.564. The number of alkyl halides is 1. The summed E-state index contributed by atoms with van der Waals surface area (Å²) in [6, 6.07) is 5.99. The van der Waals surface area contributed by atoms with Gasteiger partial charge in [-0.1, -0.05) is 15.9 Å². The molecule has 1 aliphatic rings. The molecule has 1 aromatic carbocycles. The second-order valence-corrected chi connectivity index (χ2v) is 4.65. The molecule has 1 heterocycles. The number of amides is 1. The van der Waals surface area contributed by atoms with Crippen LogP contribution >= 0.6 is 15.9 Å². The van der Waals surface area contributed by atoms with E-state index in [1.165, 1.54) is 23.1 Å². The maximum atomic E-state index is 13.6. The minimum Gasteiger partial charge on any atom is -0.309 e. The Hall–Kier alpha value is -1.41. The SMILES string of the molecule is N#Cc1ccc(F)c(N2CC(CBr)CC2=O)c1. The van der Waals surface area contributed by atoms with Gasteiger partial charge in [0.15, 0.2) is 0 Å². The Morgan fingerprint density at radius 2 is 2.35 bits per heavy atom. The lowest BCUT2D eigenvalue weighted by molar-refractivity contribution is -0.117. The predicted octanol–water partition coefficient (Wildman–Crippen LogP) is 2.45. The molecule has 1 amide bonds. The van der Waals surface area contributed by atoms with Crippen LogP contribution in [-0.4, -0.2) is 17.8 Å². The van der Waals surface area contributed by atoms with Crippen LogP contribution in [0, 0.1) is 23.1 Å². The molecule has 3 nitrogen and oxygen atoms in total. The first-order valence-corrected chi connectivity index (χ1v) is 6.34. The van der Waals surface area contributed by atoms with Crippen LogP contribution in [0.1, 0.15) is 12.0 Å². The van der Waals surface area contributed by atoms with Crippen LogP contribution in [0.4, 0.5) is 10.1 Å². The largest absolute Gasteiger partial charge is 0.309 e. The molecule has 5 heteroatoms. The zero-order valence-corrected chi connectivity index (χ0v) is 10.6. The Labute approximate surface area is 107 Å². The van der Waals surface area contributed by atoms with Gasteiger partial charge in [-0.25, -0.2) is 4.39 Å². The Balaban J connectivity index is 2.34. The number of benzene rings is 1. The van der Waals surface area contributed by atoms with Gasteiger partial charge in [0.2, 0.25) is 5.91 Å². The molecule has 0 spiro atoms. The van der Waals surface area contributed by atoms with E-state index in [0.717, 1.165) is 5.33 Å². The van der Waals surface area contributed by atoms with Gasteiger partial charge < -0.3 is 4.90 Å². The number of hydrogen-bond donors (Lipinski definition) is 0. The van der Waals surface area contributed by atoms with Crippen LogP contribution in [-0.2, 0) is 4.79 Å². The van der Waals surface area contributed by atoms with E-state index >= 15 is 0 Å². The highest BCUT2D eigenvalue weighted by molar-refractivity contribution is 9.09. The van der Waals surface area contributed by atoms with E-state index in [4.69, 9.17) is 5.26 Å². The van der Waals surface area contributed by atoms with E-state index in [2.05, 4.69) is 15.9 Å². The fraction of sp³-hybridized carbons (Fsp3) is 0.333. The maximum Gasteiger partial charge on any atom is 0.227 e. The molecule has 1 aliphatic heterocycles. The summed E-state index contributed by atoms with van der Waals surface area (Å²) in [5.74, 6) is -0.358. The number of rotatable bonds is 2. The molecule has 0 aromatic heterocycles. The van der Waals surface area contributed by atoms with Crippen molar-refractivity contribution in [1.29, 1.82) is 5.26 Å². The summed E-state index contributed by atoms with van der Waals surface area (Å²) >= 11 is 3.33. The average Bonchev–Trinajstić information content (AvgIpc) is 2.71. The van der Waals surface area contributed by atoms with Crippen molar-refractivity contribution < 1.29 is 9.18 Å². The molecule has 1 saturated heterocycles. The molecule has 0 N–H and O–H groups in total. The number of anilines is 1. The first kappa shape index (κ1) is 12.1. The maximum absolute atomic E-state index is 13.6. The highest BCUT2D eigenvalue weighted by atomic mass is 79.9. The summed E-state index contributed by atoms with van der Waals surface area (Å²) in [6.07, 6.45) is 0.418. The summed E-state index contributed by atoms with van der Waals surface area (Å²) in [4.78, 5) is 13.2. The number of halogens is 2. The molecule has 17 heavy (non-hydrogen) atoms. The topological polar surface area (TPSA) is 44.1 Å². The van der Waals surface area contributed by atoms with E-state index in [1.54, 1.807) is 0 Å². The van der Waals surface area contributed by atoms with Crippen molar-refractivity contribution in [2.24, 2.45) is 5.92 Å². The zero-order valence-electron chi connectivity index (χ0n) is 8.99. The lowest BCUT2D eigenvalue weighted by Gasteiger charge is -2.17. The van der Waals surface area contributed by atoms with Gasteiger partial charge in [-0.05, 0) is 24.1 Å². The fourth-order valence-corrected chi connectivity index (χ4v) is 2.34. The molecule has 2 rings (SSSR count). The Bertz CT molecular complexity index is 498. The van der Waals surface area contributed by atoms with Crippen molar-refractivity contribution in [3.8, 4) is 6.07 Å². The molecule has 1 aromatic rings. The van der Waals surface area contributed by atoms with Crippen molar-refractivity contribution in [2.75, 3.05) is 16.8 Å². The summed E-state index contributed by atoms with van der Waals surface area (Å²) in [6.45, 7) is 0.496. The number of hydrogen-bond acceptors (Lipinski definition) is 2. The van der Waals surface area contributed by atoms with Gasteiger partial charge in [0.25, 0.3) is 0 Å². The highest BCUT2D eigenvalue weighted by Gasteiger charge is 2.31.